The van der Waals surface area contributed by atoms with Crippen molar-refractivity contribution in [1.82, 2.24) is 14.5 Å². The van der Waals surface area contributed by atoms with E-state index in [1.807, 2.05) is 29.3 Å². The zero-order valence-electron chi connectivity index (χ0n) is 15.1. The predicted molar refractivity (Wildman–Crippen MR) is 104 cm³/mol. The molecule has 140 valence electrons. The van der Waals surface area contributed by atoms with Crippen molar-refractivity contribution in [2.75, 3.05) is 18.9 Å². The number of anilines is 1. The van der Waals surface area contributed by atoms with Gasteiger partial charge in [-0.2, -0.15) is 0 Å². The number of carbonyl (C=O) groups excluding carboxylic acids is 2. The second-order valence-corrected chi connectivity index (χ2v) is 6.90. The Hall–Kier alpha value is -3.13. The lowest BCUT2D eigenvalue weighted by molar-refractivity contribution is -0.116. The first kappa shape index (κ1) is 18.7. The molecule has 0 atom stereocenters. The molecule has 0 aliphatic carbocycles. The van der Waals surface area contributed by atoms with Gasteiger partial charge in [0.05, 0.1) is 11.4 Å². The van der Waals surface area contributed by atoms with Gasteiger partial charge in [-0.25, -0.2) is 4.98 Å². The van der Waals surface area contributed by atoms with Crippen LogP contribution in [-0.4, -0.2) is 39.9 Å². The summed E-state index contributed by atoms with van der Waals surface area (Å²) in [6, 6.07) is 10.6. The summed E-state index contributed by atoms with van der Waals surface area (Å²) in [5, 5.41) is 4.61. The number of thiophene rings is 1. The van der Waals surface area contributed by atoms with Crippen molar-refractivity contribution in [1.29, 1.82) is 0 Å². The Bertz CT molecular complexity index is 903. The average molecular weight is 384 g/mol. The summed E-state index contributed by atoms with van der Waals surface area (Å²) >= 11 is 1.35. The lowest BCUT2D eigenvalue weighted by atomic mass is 10.3. The van der Waals surface area contributed by atoms with Gasteiger partial charge in [-0.3, -0.25) is 9.59 Å². The second-order valence-electron chi connectivity index (χ2n) is 5.95. The van der Waals surface area contributed by atoms with Gasteiger partial charge >= 0.3 is 0 Å². The number of likely N-dealkylation sites (N-methyl/N-ethyl adjacent to an activating group) is 1. The third kappa shape index (κ3) is 4.95. The van der Waals surface area contributed by atoms with Crippen molar-refractivity contribution >= 4 is 28.8 Å². The molecule has 27 heavy (non-hydrogen) atoms. The summed E-state index contributed by atoms with van der Waals surface area (Å²) in [6.45, 7) is 0.346. The third-order valence-corrected chi connectivity index (χ3v) is 4.74. The van der Waals surface area contributed by atoms with Gasteiger partial charge in [-0.1, -0.05) is 6.07 Å². The third-order valence-electron chi connectivity index (χ3n) is 3.89. The monoisotopic (exact) mass is 384 g/mol. The highest BCUT2D eigenvalue weighted by Gasteiger charge is 2.15. The van der Waals surface area contributed by atoms with Crippen LogP contribution in [0.3, 0.4) is 0 Å². The van der Waals surface area contributed by atoms with Crippen LogP contribution in [0.25, 0.3) is 0 Å². The molecule has 0 aliphatic rings. The summed E-state index contributed by atoms with van der Waals surface area (Å²) in [4.78, 5) is 30.5. The van der Waals surface area contributed by atoms with Crippen molar-refractivity contribution in [2.24, 2.45) is 7.05 Å². The molecule has 7 nitrogen and oxygen atoms in total. The van der Waals surface area contributed by atoms with E-state index in [4.69, 9.17) is 4.74 Å². The van der Waals surface area contributed by atoms with Crippen LogP contribution in [0.2, 0.25) is 0 Å². The van der Waals surface area contributed by atoms with Gasteiger partial charge in [0, 0.05) is 32.2 Å². The van der Waals surface area contributed by atoms with E-state index in [0.717, 1.165) is 5.82 Å². The molecule has 2 heterocycles. The van der Waals surface area contributed by atoms with Crippen molar-refractivity contribution in [3.63, 3.8) is 0 Å². The number of hydrogen-bond acceptors (Lipinski definition) is 5. The Morgan fingerprint density at radius 1 is 1.26 bits per heavy atom. The number of aromatic nitrogens is 2. The standard InChI is InChI=1S/C19H20N4O3S/c1-22-10-9-20-17(22)13-26-15-7-5-14(6-8-15)21-18(24)12-23(2)19(25)16-4-3-11-27-16/h3-11H,12-13H2,1-2H3,(H,21,24). The number of rotatable bonds is 7. The van der Waals surface area contributed by atoms with Gasteiger partial charge in [0.1, 0.15) is 18.2 Å². The molecule has 3 rings (SSSR count). The molecule has 0 aliphatic heterocycles. The molecule has 2 amide bonds. The van der Waals surface area contributed by atoms with E-state index < -0.39 is 0 Å². The van der Waals surface area contributed by atoms with E-state index in [1.165, 1.54) is 16.2 Å². The molecule has 1 N–H and O–H groups in total. The van der Waals surface area contributed by atoms with Crippen LogP contribution in [-0.2, 0) is 18.4 Å². The number of carbonyl (C=O) groups is 2. The SMILES string of the molecule is CN(CC(=O)Nc1ccc(OCc2nccn2C)cc1)C(=O)c1cccs1. The Morgan fingerprint density at radius 3 is 2.67 bits per heavy atom. The zero-order chi connectivity index (χ0) is 19.2. The van der Waals surface area contributed by atoms with E-state index in [9.17, 15) is 9.59 Å². The van der Waals surface area contributed by atoms with Crippen LogP contribution >= 0.6 is 11.3 Å². The number of nitrogens with zero attached hydrogens (tertiary/aromatic N) is 3. The maximum atomic E-state index is 12.2. The fourth-order valence-electron chi connectivity index (χ4n) is 2.39. The number of nitrogens with one attached hydrogen (secondary N) is 1. The Kier molecular flexibility index (Phi) is 5.87. The molecular weight excluding hydrogens is 364 g/mol. The highest BCUT2D eigenvalue weighted by Crippen LogP contribution is 2.17. The maximum Gasteiger partial charge on any atom is 0.264 e. The number of imidazole rings is 1. The van der Waals surface area contributed by atoms with Crippen molar-refractivity contribution in [2.45, 2.75) is 6.61 Å². The minimum Gasteiger partial charge on any atom is -0.486 e. The van der Waals surface area contributed by atoms with Crippen LogP contribution in [0.5, 0.6) is 5.75 Å². The first-order chi connectivity index (χ1) is 13.0. The van der Waals surface area contributed by atoms with Crippen LogP contribution < -0.4 is 10.1 Å². The van der Waals surface area contributed by atoms with Crippen molar-refractivity contribution in [3.05, 3.63) is 64.9 Å². The largest absolute Gasteiger partial charge is 0.486 e. The molecule has 0 unspecified atom stereocenters. The minimum absolute atomic E-state index is 0.0197. The quantitative estimate of drug-likeness (QED) is 0.680. The highest BCUT2D eigenvalue weighted by atomic mass is 32.1. The molecule has 0 spiro atoms. The summed E-state index contributed by atoms with van der Waals surface area (Å²) in [6.07, 6.45) is 3.58. The average Bonchev–Trinajstić information content (AvgIpc) is 3.32. The Labute approximate surface area is 161 Å². The maximum absolute atomic E-state index is 12.2. The number of amides is 2. The number of benzene rings is 1. The zero-order valence-corrected chi connectivity index (χ0v) is 15.9. The molecule has 2 aromatic heterocycles. The molecule has 0 bridgehead atoms. The summed E-state index contributed by atoms with van der Waals surface area (Å²) in [5.74, 6) is 1.08. The van der Waals surface area contributed by atoms with Gasteiger partial charge in [0.15, 0.2) is 0 Å². The normalized spacial score (nSPS) is 10.4. The van der Waals surface area contributed by atoms with Gasteiger partial charge in [-0.15, -0.1) is 11.3 Å². The molecular formula is C19H20N4O3S. The van der Waals surface area contributed by atoms with Crippen LogP contribution in [0.15, 0.2) is 54.2 Å². The summed E-state index contributed by atoms with van der Waals surface area (Å²) in [7, 11) is 3.51. The van der Waals surface area contributed by atoms with E-state index in [1.54, 1.807) is 43.6 Å². The van der Waals surface area contributed by atoms with Gasteiger partial charge in [0.2, 0.25) is 5.91 Å². The number of ether oxygens (including phenoxy) is 1. The minimum atomic E-state index is -0.260. The number of aryl methyl sites for hydroxylation is 1. The first-order valence-electron chi connectivity index (χ1n) is 8.31. The smallest absolute Gasteiger partial charge is 0.264 e. The molecule has 3 aromatic rings. The van der Waals surface area contributed by atoms with Crippen LogP contribution in [0, 0.1) is 0 Å². The van der Waals surface area contributed by atoms with E-state index >= 15 is 0 Å². The molecule has 0 saturated carbocycles. The fourth-order valence-corrected chi connectivity index (χ4v) is 3.11. The predicted octanol–water partition coefficient (Wildman–Crippen LogP) is 2.77. The fraction of sp³-hybridized carbons (Fsp3) is 0.211. The molecule has 0 radical (unpaired) electrons. The van der Waals surface area contributed by atoms with E-state index in [0.29, 0.717) is 22.9 Å². The Balaban J connectivity index is 1.49. The first-order valence-corrected chi connectivity index (χ1v) is 9.19. The second kappa shape index (κ2) is 8.50. The highest BCUT2D eigenvalue weighted by molar-refractivity contribution is 7.12. The lowest BCUT2D eigenvalue weighted by Gasteiger charge is -2.16. The summed E-state index contributed by atoms with van der Waals surface area (Å²) in [5.41, 5.74) is 0.640. The Morgan fingerprint density at radius 2 is 2.04 bits per heavy atom. The topological polar surface area (TPSA) is 76.5 Å². The van der Waals surface area contributed by atoms with E-state index in [2.05, 4.69) is 10.3 Å². The molecule has 8 heteroatoms. The molecule has 1 aromatic carbocycles. The lowest BCUT2D eigenvalue weighted by Crippen LogP contribution is -2.34. The van der Waals surface area contributed by atoms with Gasteiger partial charge in [-0.05, 0) is 35.7 Å². The molecule has 0 fully saturated rings. The van der Waals surface area contributed by atoms with Crippen LogP contribution in [0.1, 0.15) is 15.5 Å². The van der Waals surface area contributed by atoms with Crippen molar-refractivity contribution < 1.29 is 14.3 Å². The number of hydrogen-bond donors (Lipinski definition) is 1. The van der Waals surface area contributed by atoms with E-state index in [-0.39, 0.29) is 18.4 Å². The summed E-state index contributed by atoms with van der Waals surface area (Å²) < 4.78 is 7.57. The van der Waals surface area contributed by atoms with Gasteiger partial charge < -0.3 is 19.5 Å². The van der Waals surface area contributed by atoms with Crippen molar-refractivity contribution in [3.8, 4) is 5.75 Å². The van der Waals surface area contributed by atoms with Gasteiger partial charge in [0.25, 0.3) is 5.91 Å². The molecule has 0 saturated heterocycles. The van der Waals surface area contributed by atoms with Crippen LogP contribution in [0.4, 0.5) is 5.69 Å².